The van der Waals surface area contributed by atoms with Crippen LogP contribution in [0, 0.1) is 5.82 Å². The van der Waals surface area contributed by atoms with Gasteiger partial charge in [0.25, 0.3) is 0 Å². The molecule has 2 amide bonds. The van der Waals surface area contributed by atoms with E-state index in [4.69, 9.17) is 4.74 Å². The van der Waals surface area contributed by atoms with E-state index in [2.05, 4.69) is 22.3 Å². The van der Waals surface area contributed by atoms with E-state index in [9.17, 15) is 9.18 Å². The van der Waals surface area contributed by atoms with E-state index >= 15 is 0 Å². The molecule has 1 aliphatic rings. The molecule has 1 aliphatic heterocycles. The van der Waals surface area contributed by atoms with Gasteiger partial charge < -0.3 is 19.9 Å². The van der Waals surface area contributed by atoms with Crippen LogP contribution in [0.4, 0.5) is 20.6 Å². The highest BCUT2D eigenvalue weighted by Crippen LogP contribution is 2.27. The smallest absolute Gasteiger partial charge is 0.321 e. The zero-order valence-corrected chi connectivity index (χ0v) is 15.9. The van der Waals surface area contributed by atoms with Gasteiger partial charge in [-0.1, -0.05) is 18.2 Å². The fraction of sp³-hybridized carbons (Fsp3) is 0.381. The average Bonchev–Trinajstić information content (AvgIpc) is 3.19. The van der Waals surface area contributed by atoms with Crippen molar-refractivity contribution in [1.29, 1.82) is 0 Å². The van der Waals surface area contributed by atoms with Crippen molar-refractivity contribution in [3.8, 4) is 5.75 Å². The maximum atomic E-state index is 13.4. The van der Waals surface area contributed by atoms with Crippen molar-refractivity contribution in [1.82, 2.24) is 4.90 Å². The van der Waals surface area contributed by atoms with Gasteiger partial charge in [0.15, 0.2) is 0 Å². The van der Waals surface area contributed by atoms with Crippen LogP contribution in [-0.4, -0.2) is 37.7 Å². The minimum absolute atomic E-state index is 0.265. The number of anilines is 2. The van der Waals surface area contributed by atoms with Gasteiger partial charge in [0.2, 0.25) is 0 Å². The number of urea groups is 1. The molecule has 0 aliphatic carbocycles. The molecule has 3 rings (SSSR count). The molecule has 1 N–H and O–H groups in total. The molecule has 1 fully saturated rings. The van der Waals surface area contributed by atoms with Crippen LogP contribution in [-0.2, 0) is 6.54 Å². The van der Waals surface area contributed by atoms with Gasteiger partial charge in [-0.3, -0.25) is 0 Å². The second-order valence-electron chi connectivity index (χ2n) is 6.68. The van der Waals surface area contributed by atoms with E-state index in [1.165, 1.54) is 36.7 Å². The number of carbonyl (C=O) groups excluding carboxylic acids is 1. The van der Waals surface area contributed by atoms with E-state index in [0.717, 1.165) is 18.7 Å². The zero-order valence-electron chi connectivity index (χ0n) is 15.9. The minimum atomic E-state index is -0.399. The van der Waals surface area contributed by atoms with Crippen LogP contribution in [0.1, 0.15) is 25.3 Å². The van der Waals surface area contributed by atoms with Crippen LogP contribution >= 0.6 is 0 Å². The molecule has 2 aromatic rings. The molecule has 0 bridgehead atoms. The number of hydrogen-bond donors (Lipinski definition) is 1. The largest absolute Gasteiger partial charge is 0.492 e. The predicted octanol–water partition coefficient (Wildman–Crippen LogP) is 4.49. The van der Waals surface area contributed by atoms with Crippen molar-refractivity contribution in [2.24, 2.45) is 0 Å². The van der Waals surface area contributed by atoms with Gasteiger partial charge in [-0.25, -0.2) is 9.18 Å². The molecule has 144 valence electrons. The molecule has 0 radical (unpaired) electrons. The van der Waals surface area contributed by atoms with E-state index in [1.807, 2.05) is 19.1 Å². The summed E-state index contributed by atoms with van der Waals surface area (Å²) in [6.07, 6.45) is 2.41. The number of para-hydroxylation sites is 1. The highest BCUT2D eigenvalue weighted by atomic mass is 19.1. The fourth-order valence-corrected chi connectivity index (χ4v) is 3.32. The number of rotatable bonds is 6. The summed E-state index contributed by atoms with van der Waals surface area (Å²) in [4.78, 5) is 16.6. The Balaban J connectivity index is 1.70. The Hall–Kier alpha value is -2.76. The summed E-state index contributed by atoms with van der Waals surface area (Å²) in [6.45, 7) is 4.81. The molecule has 5 nitrogen and oxygen atoms in total. The molecule has 0 aromatic heterocycles. The van der Waals surface area contributed by atoms with Crippen LogP contribution in [0.25, 0.3) is 0 Å². The summed E-state index contributed by atoms with van der Waals surface area (Å²) >= 11 is 0. The normalized spacial score (nSPS) is 13.5. The lowest BCUT2D eigenvalue weighted by atomic mass is 10.1. The maximum absolute atomic E-state index is 13.4. The third-order valence-corrected chi connectivity index (χ3v) is 4.68. The molecule has 0 spiro atoms. The topological polar surface area (TPSA) is 44.8 Å². The van der Waals surface area contributed by atoms with Crippen LogP contribution in [0.5, 0.6) is 5.75 Å². The Morgan fingerprint density at radius 2 is 1.96 bits per heavy atom. The van der Waals surface area contributed by atoms with Gasteiger partial charge in [-0.15, -0.1) is 0 Å². The third kappa shape index (κ3) is 4.70. The van der Waals surface area contributed by atoms with Crippen molar-refractivity contribution in [3.05, 3.63) is 53.8 Å². The molecule has 0 unspecified atom stereocenters. The first-order valence-electron chi connectivity index (χ1n) is 9.36. The predicted molar refractivity (Wildman–Crippen MR) is 106 cm³/mol. The van der Waals surface area contributed by atoms with Crippen molar-refractivity contribution >= 4 is 17.4 Å². The van der Waals surface area contributed by atoms with Gasteiger partial charge in [-0.05, 0) is 43.5 Å². The van der Waals surface area contributed by atoms with Crippen LogP contribution in [0.3, 0.4) is 0 Å². The molecule has 1 heterocycles. The number of nitrogens with one attached hydrogen (secondary N) is 1. The lowest BCUT2D eigenvalue weighted by Crippen LogP contribution is -2.32. The molecule has 0 atom stereocenters. The van der Waals surface area contributed by atoms with Gasteiger partial charge in [-0.2, -0.15) is 0 Å². The molecule has 27 heavy (non-hydrogen) atoms. The van der Waals surface area contributed by atoms with Crippen LogP contribution < -0.4 is 15.0 Å². The molecule has 2 aromatic carbocycles. The number of benzene rings is 2. The first-order chi connectivity index (χ1) is 13.1. The lowest BCUT2D eigenvalue weighted by molar-refractivity contribution is 0.220. The van der Waals surface area contributed by atoms with E-state index in [1.54, 1.807) is 11.9 Å². The Morgan fingerprint density at radius 3 is 2.70 bits per heavy atom. The quantitative estimate of drug-likeness (QED) is 0.814. The van der Waals surface area contributed by atoms with Crippen molar-refractivity contribution < 1.29 is 13.9 Å². The second-order valence-corrected chi connectivity index (χ2v) is 6.68. The monoisotopic (exact) mass is 371 g/mol. The first-order valence-corrected chi connectivity index (χ1v) is 9.36. The van der Waals surface area contributed by atoms with E-state index in [0.29, 0.717) is 24.6 Å². The van der Waals surface area contributed by atoms with Gasteiger partial charge in [0.1, 0.15) is 11.6 Å². The summed E-state index contributed by atoms with van der Waals surface area (Å²) in [5.41, 5.74) is 2.76. The van der Waals surface area contributed by atoms with Crippen LogP contribution in [0.15, 0.2) is 42.5 Å². The molecular weight excluding hydrogens is 345 g/mol. The van der Waals surface area contributed by atoms with Crippen molar-refractivity contribution in [2.75, 3.05) is 37.0 Å². The van der Waals surface area contributed by atoms with E-state index in [-0.39, 0.29) is 6.03 Å². The SMILES string of the molecule is CCOc1cc(F)ccc1NC(=O)N(C)Cc1ccccc1N1CCCC1. The first kappa shape index (κ1) is 19.0. The highest BCUT2D eigenvalue weighted by Gasteiger charge is 2.18. The summed E-state index contributed by atoms with van der Waals surface area (Å²) in [7, 11) is 1.75. The second kappa shape index (κ2) is 8.75. The number of hydrogen-bond acceptors (Lipinski definition) is 3. The fourth-order valence-electron chi connectivity index (χ4n) is 3.32. The number of ether oxygens (including phenoxy) is 1. The third-order valence-electron chi connectivity index (χ3n) is 4.68. The number of carbonyl (C=O) groups is 1. The summed E-state index contributed by atoms with van der Waals surface area (Å²) < 4.78 is 18.9. The van der Waals surface area contributed by atoms with Crippen molar-refractivity contribution in [3.63, 3.8) is 0 Å². The number of halogens is 1. The molecular formula is C21H26FN3O2. The van der Waals surface area contributed by atoms with Gasteiger partial charge >= 0.3 is 6.03 Å². The molecule has 0 saturated carbocycles. The lowest BCUT2D eigenvalue weighted by Gasteiger charge is -2.25. The standard InChI is InChI=1S/C21H26FN3O2/c1-3-27-20-14-17(22)10-11-18(20)23-21(26)24(2)15-16-8-4-5-9-19(16)25-12-6-7-13-25/h4-5,8-11,14H,3,6-7,12-13,15H2,1-2H3,(H,23,26). The summed E-state index contributed by atoms with van der Waals surface area (Å²) in [5.74, 6) is -0.0685. The molecule has 6 heteroatoms. The highest BCUT2D eigenvalue weighted by molar-refractivity contribution is 5.90. The maximum Gasteiger partial charge on any atom is 0.321 e. The van der Waals surface area contributed by atoms with Gasteiger partial charge in [0.05, 0.1) is 12.3 Å². The number of amides is 2. The number of nitrogens with zero attached hydrogens (tertiary/aromatic N) is 2. The Morgan fingerprint density at radius 1 is 1.22 bits per heavy atom. The van der Waals surface area contributed by atoms with Crippen LogP contribution in [0.2, 0.25) is 0 Å². The van der Waals surface area contributed by atoms with Crippen molar-refractivity contribution in [2.45, 2.75) is 26.3 Å². The summed E-state index contributed by atoms with van der Waals surface area (Å²) in [6, 6.07) is 12.0. The Labute approximate surface area is 159 Å². The Kier molecular flexibility index (Phi) is 6.16. The zero-order chi connectivity index (χ0) is 19.2. The minimum Gasteiger partial charge on any atom is -0.492 e. The molecule has 1 saturated heterocycles. The summed E-state index contributed by atoms with van der Waals surface area (Å²) in [5, 5.41) is 2.81. The Bertz CT molecular complexity index is 791. The van der Waals surface area contributed by atoms with E-state index < -0.39 is 5.82 Å². The van der Waals surface area contributed by atoms with Gasteiger partial charge in [0, 0.05) is 38.4 Å². The average molecular weight is 371 g/mol.